The van der Waals surface area contributed by atoms with E-state index in [0.717, 1.165) is 45.4 Å². The fourth-order valence-corrected chi connectivity index (χ4v) is 4.92. The molecule has 0 fully saturated rings. The molecule has 0 spiro atoms. The highest BCUT2D eigenvalue weighted by Crippen LogP contribution is 2.21. The molecule has 5 rings (SSSR count). The van der Waals surface area contributed by atoms with Gasteiger partial charge in [0, 0.05) is 65.6 Å². The summed E-state index contributed by atoms with van der Waals surface area (Å²) in [6.45, 7) is 6.09. The summed E-state index contributed by atoms with van der Waals surface area (Å²) in [4.78, 5) is 43.5. The van der Waals surface area contributed by atoms with Crippen LogP contribution in [0.25, 0.3) is 10.9 Å². The fourth-order valence-electron chi connectivity index (χ4n) is 4.92. The molecule has 2 atom stereocenters. The Morgan fingerprint density at radius 3 is 2.03 bits per heavy atom. The summed E-state index contributed by atoms with van der Waals surface area (Å²) in [5, 5.41) is 1.15. The Bertz CT molecular complexity index is 1660. The second-order valence-electron chi connectivity index (χ2n) is 10.2. The van der Waals surface area contributed by atoms with E-state index in [1.54, 1.807) is 12.4 Å². The van der Waals surface area contributed by atoms with Crippen LogP contribution in [-0.4, -0.2) is 24.9 Å². The number of H-pyrrole nitrogens is 3. The fraction of sp³-hybridized carbons (Fsp3) is 0.290. The highest BCUT2D eigenvalue weighted by Gasteiger charge is 2.15. The smallest absolute Gasteiger partial charge is 0.270 e. The molecule has 0 saturated heterocycles. The Kier molecular flexibility index (Phi) is 7.36. The molecule has 2 aromatic carbocycles. The number of hydrogen-bond donors (Lipinski definition) is 3. The van der Waals surface area contributed by atoms with Crippen molar-refractivity contribution in [2.45, 2.75) is 58.3 Å². The number of aromatic amines is 3. The lowest BCUT2D eigenvalue weighted by molar-refractivity contribution is 0.690. The van der Waals surface area contributed by atoms with Crippen LogP contribution in [-0.2, 0) is 19.3 Å². The van der Waals surface area contributed by atoms with Gasteiger partial charge >= 0.3 is 0 Å². The van der Waals surface area contributed by atoms with Crippen LogP contribution in [0.2, 0.25) is 0 Å². The van der Waals surface area contributed by atoms with E-state index < -0.39 is 0 Å². The topological polar surface area (TPSA) is 107 Å². The van der Waals surface area contributed by atoms with Crippen LogP contribution in [0, 0.1) is 0 Å². The van der Waals surface area contributed by atoms with Crippen molar-refractivity contribution in [3.05, 3.63) is 127 Å². The molecule has 5 aromatic rings. The number of benzene rings is 2. The highest BCUT2D eigenvalue weighted by atomic mass is 16.1. The maximum atomic E-state index is 12.9. The van der Waals surface area contributed by atoms with Crippen molar-refractivity contribution in [1.29, 1.82) is 0 Å². The molecule has 0 saturated carbocycles. The molecule has 0 aliphatic rings. The maximum absolute atomic E-state index is 12.9. The minimum absolute atomic E-state index is 0.0274. The zero-order valence-corrected chi connectivity index (χ0v) is 22.0. The van der Waals surface area contributed by atoms with Gasteiger partial charge in [-0.1, -0.05) is 63.2 Å². The standard InChI is InChI=1S/C31H33N5O2/c1-4-19(2)28-30(37)35-24(17-33-28)14-22-11-9-21(10-12-22)13-20(3)29-31(38)36-25(18-34-29)15-23-16-32-27-8-6-5-7-26(23)27/h5-12,16-20,32H,4,13-15H2,1-3H3,(H,35,37)(H,36,38). The maximum Gasteiger partial charge on any atom is 0.270 e. The molecular formula is C31H33N5O2. The summed E-state index contributed by atoms with van der Waals surface area (Å²) >= 11 is 0. The van der Waals surface area contributed by atoms with E-state index in [4.69, 9.17) is 0 Å². The van der Waals surface area contributed by atoms with Gasteiger partial charge in [-0.25, -0.2) is 0 Å². The Balaban J connectivity index is 1.23. The minimum atomic E-state index is -0.135. The zero-order chi connectivity index (χ0) is 26.6. The summed E-state index contributed by atoms with van der Waals surface area (Å²) in [6, 6.07) is 16.4. The van der Waals surface area contributed by atoms with E-state index in [1.807, 2.05) is 38.2 Å². The van der Waals surface area contributed by atoms with Crippen LogP contribution < -0.4 is 11.1 Å². The van der Waals surface area contributed by atoms with Gasteiger partial charge in [0.25, 0.3) is 11.1 Å². The summed E-state index contributed by atoms with van der Waals surface area (Å²) in [5.74, 6) is 0.117. The number of rotatable bonds is 9. The first-order valence-corrected chi connectivity index (χ1v) is 13.2. The number of nitrogens with one attached hydrogen (secondary N) is 3. The largest absolute Gasteiger partial charge is 0.361 e. The second-order valence-corrected chi connectivity index (χ2v) is 10.2. The lowest BCUT2D eigenvalue weighted by atomic mass is 9.96. The highest BCUT2D eigenvalue weighted by molar-refractivity contribution is 5.83. The van der Waals surface area contributed by atoms with Gasteiger partial charge < -0.3 is 15.0 Å². The van der Waals surface area contributed by atoms with Gasteiger partial charge in [0.1, 0.15) is 11.4 Å². The van der Waals surface area contributed by atoms with Crippen LogP contribution >= 0.6 is 0 Å². The first kappa shape index (κ1) is 25.4. The minimum Gasteiger partial charge on any atom is -0.361 e. The molecule has 3 heterocycles. The SMILES string of the molecule is CCC(C)c1ncc(Cc2ccc(CC(C)c3ncc(Cc4c[nH]c5ccccc45)[nH]c3=O)cc2)[nH]c1=O. The van der Waals surface area contributed by atoms with Gasteiger partial charge in [-0.15, -0.1) is 0 Å². The monoisotopic (exact) mass is 507 g/mol. The van der Waals surface area contributed by atoms with Gasteiger partial charge in [0.05, 0.1) is 0 Å². The lowest BCUT2D eigenvalue weighted by Crippen LogP contribution is -2.20. The van der Waals surface area contributed by atoms with E-state index in [9.17, 15) is 9.59 Å². The molecule has 3 N–H and O–H groups in total. The average molecular weight is 508 g/mol. The Morgan fingerprint density at radius 2 is 1.37 bits per heavy atom. The van der Waals surface area contributed by atoms with Gasteiger partial charge in [0.15, 0.2) is 0 Å². The van der Waals surface area contributed by atoms with Crippen molar-refractivity contribution in [3.8, 4) is 0 Å². The number of fused-ring (bicyclic) bond motifs is 1. The summed E-state index contributed by atoms with van der Waals surface area (Å²) in [7, 11) is 0. The summed E-state index contributed by atoms with van der Waals surface area (Å²) in [6.07, 6.45) is 8.34. The molecule has 0 aliphatic carbocycles. The quantitative estimate of drug-likeness (QED) is 0.249. The summed E-state index contributed by atoms with van der Waals surface area (Å²) in [5.41, 5.74) is 6.92. The van der Waals surface area contributed by atoms with Gasteiger partial charge in [-0.3, -0.25) is 19.6 Å². The third-order valence-corrected chi connectivity index (χ3v) is 7.29. The van der Waals surface area contributed by atoms with Crippen LogP contribution in [0.5, 0.6) is 0 Å². The molecule has 7 nitrogen and oxygen atoms in total. The Morgan fingerprint density at radius 1 is 0.763 bits per heavy atom. The molecule has 0 aliphatic heterocycles. The van der Waals surface area contributed by atoms with Crippen molar-refractivity contribution in [1.82, 2.24) is 24.9 Å². The lowest BCUT2D eigenvalue weighted by Gasteiger charge is -2.12. The molecule has 0 radical (unpaired) electrons. The van der Waals surface area contributed by atoms with Gasteiger partial charge in [-0.05, 0) is 35.6 Å². The number of para-hydroxylation sites is 1. The van der Waals surface area contributed by atoms with Crippen LogP contribution in [0.4, 0.5) is 0 Å². The Labute approximate surface area is 221 Å². The zero-order valence-electron chi connectivity index (χ0n) is 22.0. The van der Waals surface area contributed by atoms with E-state index in [2.05, 4.69) is 62.2 Å². The molecular weight excluding hydrogens is 474 g/mol. The van der Waals surface area contributed by atoms with Crippen LogP contribution in [0.3, 0.4) is 0 Å². The van der Waals surface area contributed by atoms with E-state index in [1.165, 1.54) is 0 Å². The molecule has 38 heavy (non-hydrogen) atoms. The van der Waals surface area contributed by atoms with Gasteiger partial charge in [-0.2, -0.15) is 0 Å². The van der Waals surface area contributed by atoms with E-state index in [0.29, 0.717) is 30.7 Å². The van der Waals surface area contributed by atoms with Crippen molar-refractivity contribution in [2.24, 2.45) is 0 Å². The van der Waals surface area contributed by atoms with E-state index >= 15 is 0 Å². The molecule has 194 valence electrons. The van der Waals surface area contributed by atoms with Crippen molar-refractivity contribution >= 4 is 10.9 Å². The van der Waals surface area contributed by atoms with E-state index in [-0.39, 0.29) is 23.0 Å². The molecule has 3 aromatic heterocycles. The second kappa shape index (κ2) is 11.0. The first-order chi connectivity index (χ1) is 18.4. The normalized spacial score (nSPS) is 13.0. The average Bonchev–Trinajstić information content (AvgIpc) is 3.32. The summed E-state index contributed by atoms with van der Waals surface area (Å²) < 4.78 is 0. The molecule has 0 amide bonds. The van der Waals surface area contributed by atoms with Crippen LogP contribution in [0.15, 0.2) is 76.7 Å². The predicted octanol–water partition coefficient (Wildman–Crippen LogP) is 5.38. The molecule has 7 heteroatoms. The third kappa shape index (κ3) is 5.52. The predicted molar refractivity (Wildman–Crippen MR) is 151 cm³/mol. The Hall–Kier alpha value is -4.26. The first-order valence-electron chi connectivity index (χ1n) is 13.2. The van der Waals surface area contributed by atoms with Gasteiger partial charge in [0.2, 0.25) is 0 Å². The van der Waals surface area contributed by atoms with Crippen molar-refractivity contribution < 1.29 is 0 Å². The third-order valence-electron chi connectivity index (χ3n) is 7.29. The van der Waals surface area contributed by atoms with Crippen LogP contribution in [0.1, 0.15) is 78.5 Å². The van der Waals surface area contributed by atoms with Crippen molar-refractivity contribution in [3.63, 3.8) is 0 Å². The molecule has 2 unspecified atom stereocenters. The number of aromatic nitrogens is 5. The number of nitrogens with zero attached hydrogens (tertiary/aromatic N) is 2. The number of hydrogen-bond acceptors (Lipinski definition) is 4. The molecule has 0 bridgehead atoms. The van der Waals surface area contributed by atoms with Crippen molar-refractivity contribution in [2.75, 3.05) is 0 Å².